The van der Waals surface area contributed by atoms with E-state index < -0.39 is 41.7 Å². The summed E-state index contributed by atoms with van der Waals surface area (Å²) in [4.78, 5) is 20.0. The van der Waals surface area contributed by atoms with Gasteiger partial charge in [0.2, 0.25) is 0 Å². The third-order valence-corrected chi connectivity index (χ3v) is 6.71. The number of methoxy groups -OCH3 is 1. The second kappa shape index (κ2) is 12.3. The van der Waals surface area contributed by atoms with Gasteiger partial charge in [-0.3, -0.25) is 0 Å². The molecule has 2 heterocycles. The topological polar surface area (TPSA) is 110 Å². The van der Waals surface area contributed by atoms with Crippen molar-refractivity contribution in [2.24, 2.45) is 0 Å². The lowest BCUT2D eigenvalue weighted by Crippen LogP contribution is -2.10. The van der Waals surface area contributed by atoms with E-state index in [1.54, 1.807) is 16.7 Å². The lowest BCUT2D eigenvalue weighted by atomic mass is 10.0. The first kappa shape index (κ1) is 29.2. The predicted molar refractivity (Wildman–Crippen MR) is 146 cm³/mol. The Hall–Kier alpha value is -5.28. The van der Waals surface area contributed by atoms with Gasteiger partial charge in [0.1, 0.15) is 29.9 Å². The Morgan fingerprint density at radius 2 is 1.72 bits per heavy atom. The maximum atomic E-state index is 15.4. The van der Waals surface area contributed by atoms with Crippen LogP contribution in [-0.4, -0.2) is 39.3 Å². The number of aromatic nitrogens is 3. The minimum absolute atomic E-state index is 0.0245. The average Bonchev–Trinajstić information content (AvgIpc) is 3.33. The first-order valence-corrected chi connectivity index (χ1v) is 12.9. The number of aromatic carboxylic acids is 1. The van der Waals surface area contributed by atoms with Gasteiger partial charge in [0, 0.05) is 31.2 Å². The number of halogens is 4. The van der Waals surface area contributed by atoms with Crippen LogP contribution in [0, 0.1) is 34.6 Å². The monoisotopic (exact) mass is 590 g/mol. The van der Waals surface area contributed by atoms with Crippen LogP contribution < -0.4 is 4.74 Å². The summed E-state index contributed by atoms with van der Waals surface area (Å²) in [5.41, 5.74) is 0.796. The van der Waals surface area contributed by atoms with Gasteiger partial charge in [-0.05, 0) is 60.2 Å². The highest BCUT2D eigenvalue weighted by molar-refractivity contribution is 5.92. The van der Waals surface area contributed by atoms with E-state index in [0.717, 1.165) is 30.3 Å². The van der Waals surface area contributed by atoms with Crippen molar-refractivity contribution in [2.75, 3.05) is 13.7 Å². The summed E-state index contributed by atoms with van der Waals surface area (Å²) >= 11 is 0. The molecule has 0 aliphatic carbocycles. The smallest absolute Gasteiger partial charge is 0.335 e. The van der Waals surface area contributed by atoms with Crippen LogP contribution in [0.4, 0.5) is 17.6 Å². The second-order valence-corrected chi connectivity index (χ2v) is 9.47. The summed E-state index contributed by atoms with van der Waals surface area (Å²) < 4.78 is 71.5. The van der Waals surface area contributed by atoms with Gasteiger partial charge in [-0.1, -0.05) is 6.07 Å². The van der Waals surface area contributed by atoms with Crippen LogP contribution in [0.1, 0.15) is 32.9 Å². The van der Waals surface area contributed by atoms with Crippen LogP contribution in [0.5, 0.6) is 5.88 Å². The maximum Gasteiger partial charge on any atom is 0.335 e. The number of carboxylic acids is 1. The summed E-state index contributed by atoms with van der Waals surface area (Å²) in [6.45, 7) is 0.144. The summed E-state index contributed by atoms with van der Waals surface area (Å²) in [6.07, 6.45) is -0.120. The SMILES string of the molecule is COCCn1c(Cc2cc(F)c(-c3ccc(F)c(OCc4ccc(C#N)cc4F)n3)cc2F)nc2ccc(C(=O)O)cc21. The van der Waals surface area contributed by atoms with Crippen LogP contribution in [-0.2, 0) is 24.3 Å². The van der Waals surface area contributed by atoms with E-state index in [1.807, 2.05) is 0 Å². The third-order valence-electron chi connectivity index (χ3n) is 6.71. The zero-order chi connectivity index (χ0) is 30.7. The highest BCUT2D eigenvalue weighted by atomic mass is 19.1. The number of fused-ring (bicyclic) bond motifs is 1. The number of imidazole rings is 1. The number of benzene rings is 3. The van der Waals surface area contributed by atoms with E-state index in [0.29, 0.717) is 23.4 Å². The molecule has 43 heavy (non-hydrogen) atoms. The molecule has 8 nitrogen and oxygen atoms in total. The van der Waals surface area contributed by atoms with Gasteiger partial charge in [0.15, 0.2) is 5.82 Å². The second-order valence-electron chi connectivity index (χ2n) is 9.47. The lowest BCUT2D eigenvalue weighted by Gasteiger charge is -2.12. The summed E-state index contributed by atoms with van der Waals surface area (Å²) in [6, 6.07) is 14.0. The number of nitriles is 1. The normalized spacial score (nSPS) is 11.1. The lowest BCUT2D eigenvalue weighted by molar-refractivity contribution is 0.0697. The average molecular weight is 591 g/mol. The molecule has 0 radical (unpaired) electrons. The Labute approximate surface area is 242 Å². The molecule has 3 aromatic carbocycles. The van der Waals surface area contributed by atoms with Crippen LogP contribution in [0.2, 0.25) is 0 Å². The Bertz CT molecular complexity index is 1900. The van der Waals surface area contributed by atoms with Gasteiger partial charge in [-0.2, -0.15) is 5.26 Å². The van der Waals surface area contributed by atoms with Crippen molar-refractivity contribution in [3.05, 3.63) is 112 Å². The molecule has 5 rings (SSSR count). The predicted octanol–water partition coefficient (Wildman–Crippen LogP) is 6.04. The fourth-order valence-electron chi connectivity index (χ4n) is 4.52. The Kier molecular flexibility index (Phi) is 8.36. The maximum absolute atomic E-state index is 15.4. The van der Waals surface area contributed by atoms with E-state index in [4.69, 9.17) is 14.7 Å². The molecule has 0 spiro atoms. The van der Waals surface area contributed by atoms with Crippen molar-refractivity contribution in [3.63, 3.8) is 0 Å². The van der Waals surface area contributed by atoms with Crippen molar-refractivity contribution < 1.29 is 36.9 Å². The van der Waals surface area contributed by atoms with Crippen molar-refractivity contribution >= 4 is 17.0 Å². The number of pyridine rings is 1. The molecule has 218 valence electrons. The Morgan fingerprint density at radius 3 is 2.44 bits per heavy atom. The molecule has 0 saturated heterocycles. The number of nitrogens with zero attached hydrogens (tertiary/aromatic N) is 4. The number of carboxylic acid groups (broad SMARTS) is 1. The highest BCUT2D eigenvalue weighted by Gasteiger charge is 2.19. The van der Waals surface area contributed by atoms with Crippen molar-refractivity contribution in [2.45, 2.75) is 19.6 Å². The molecular weight excluding hydrogens is 568 g/mol. The van der Waals surface area contributed by atoms with E-state index in [9.17, 15) is 18.7 Å². The number of hydrogen-bond acceptors (Lipinski definition) is 6. The number of ether oxygens (including phenoxy) is 2. The Morgan fingerprint density at radius 1 is 0.930 bits per heavy atom. The van der Waals surface area contributed by atoms with Gasteiger partial charge < -0.3 is 19.1 Å². The standard InChI is InChI=1S/C31H22F4N4O4/c1-42-9-8-39-28-12-18(31(40)41)4-6-27(28)37-29(39)13-20-11-25(35)21(14-24(20)34)26-7-5-22(32)30(38-26)43-16-19-3-2-17(15-36)10-23(19)33/h2-7,10-12,14H,8-9,13,16H2,1H3,(H,40,41). The summed E-state index contributed by atoms with van der Waals surface area (Å²) in [5, 5.41) is 18.3. The molecule has 0 atom stereocenters. The molecule has 5 aromatic rings. The molecule has 2 aromatic heterocycles. The van der Waals surface area contributed by atoms with Crippen molar-refractivity contribution in [1.82, 2.24) is 14.5 Å². The fourth-order valence-corrected chi connectivity index (χ4v) is 4.52. The molecular formula is C31H22F4N4O4. The van der Waals surface area contributed by atoms with Gasteiger partial charge >= 0.3 is 5.97 Å². The summed E-state index contributed by atoms with van der Waals surface area (Å²) in [5.74, 6) is -4.53. The Balaban J connectivity index is 1.43. The molecule has 0 fully saturated rings. The first-order valence-electron chi connectivity index (χ1n) is 12.9. The highest BCUT2D eigenvalue weighted by Crippen LogP contribution is 2.29. The minimum Gasteiger partial charge on any atom is -0.478 e. The van der Waals surface area contributed by atoms with Crippen LogP contribution >= 0.6 is 0 Å². The zero-order valence-corrected chi connectivity index (χ0v) is 22.6. The van der Waals surface area contributed by atoms with Gasteiger partial charge in [-0.25, -0.2) is 32.3 Å². The van der Waals surface area contributed by atoms with Gasteiger partial charge in [-0.15, -0.1) is 0 Å². The minimum atomic E-state index is -1.11. The molecule has 0 saturated carbocycles. The summed E-state index contributed by atoms with van der Waals surface area (Å²) in [7, 11) is 1.50. The quantitative estimate of drug-likeness (QED) is 0.198. The third kappa shape index (κ3) is 6.17. The molecule has 12 heteroatoms. The number of rotatable bonds is 10. The first-order chi connectivity index (χ1) is 20.7. The van der Waals surface area contributed by atoms with Crippen LogP contribution in [0.15, 0.2) is 60.7 Å². The van der Waals surface area contributed by atoms with Crippen LogP contribution in [0.25, 0.3) is 22.3 Å². The molecule has 0 amide bonds. The fraction of sp³-hybridized carbons (Fsp3) is 0.161. The van der Waals surface area contributed by atoms with E-state index >= 15 is 8.78 Å². The van der Waals surface area contributed by atoms with Crippen LogP contribution in [0.3, 0.4) is 0 Å². The van der Waals surface area contributed by atoms with Gasteiger partial charge in [0.05, 0.1) is 40.5 Å². The molecule has 0 bridgehead atoms. The largest absolute Gasteiger partial charge is 0.478 e. The number of hydrogen-bond donors (Lipinski definition) is 1. The molecule has 1 N–H and O–H groups in total. The number of carbonyl (C=O) groups is 1. The molecule has 0 aliphatic rings. The van der Waals surface area contributed by atoms with Gasteiger partial charge in [0.25, 0.3) is 5.88 Å². The van der Waals surface area contributed by atoms with E-state index in [-0.39, 0.29) is 46.5 Å². The molecule has 0 unspecified atom stereocenters. The zero-order valence-electron chi connectivity index (χ0n) is 22.6. The van der Waals surface area contributed by atoms with Crippen molar-refractivity contribution in [3.8, 4) is 23.2 Å². The van der Waals surface area contributed by atoms with E-state index in [1.165, 1.54) is 31.4 Å². The van der Waals surface area contributed by atoms with E-state index in [2.05, 4.69) is 9.97 Å². The molecule has 0 aliphatic heterocycles. The van der Waals surface area contributed by atoms with Crippen molar-refractivity contribution in [1.29, 1.82) is 5.26 Å².